The Morgan fingerprint density at radius 3 is 2.54 bits per heavy atom. The van der Waals surface area contributed by atoms with Gasteiger partial charge in [0.25, 0.3) is 0 Å². The summed E-state index contributed by atoms with van der Waals surface area (Å²) in [5, 5.41) is 3.48. The van der Waals surface area contributed by atoms with Crippen LogP contribution in [0.2, 0.25) is 0 Å². The molecule has 0 radical (unpaired) electrons. The van der Waals surface area contributed by atoms with Crippen molar-refractivity contribution in [2.45, 2.75) is 31.3 Å². The van der Waals surface area contributed by atoms with Crippen LogP contribution in [0.25, 0.3) is 0 Å². The number of aromatic nitrogens is 2. The SMILES string of the molecule is Cc1nccn1CCC(=O)NC1C2CN3CCN(C2)CC1(c1ccccc1)C3. The number of nitrogens with zero attached hydrogens (tertiary/aromatic N) is 4. The van der Waals surface area contributed by atoms with E-state index in [0.29, 0.717) is 18.9 Å². The third-order valence-electron chi connectivity index (χ3n) is 6.96. The molecule has 0 aliphatic carbocycles. The van der Waals surface area contributed by atoms with Crippen LogP contribution < -0.4 is 5.32 Å². The first-order valence-corrected chi connectivity index (χ1v) is 10.4. The van der Waals surface area contributed by atoms with Gasteiger partial charge in [-0.15, -0.1) is 0 Å². The van der Waals surface area contributed by atoms with E-state index < -0.39 is 0 Å². The maximum atomic E-state index is 12.9. The predicted octanol–water partition coefficient (Wildman–Crippen LogP) is 1.27. The quantitative estimate of drug-likeness (QED) is 0.850. The molecule has 3 unspecified atom stereocenters. The lowest BCUT2D eigenvalue weighted by Gasteiger charge is -2.55. The number of benzene rings is 1. The van der Waals surface area contributed by atoms with Gasteiger partial charge in [-0.2, -0.15) is 0 Å². The van der Waals surface area contributed by atoms with Gasteiger partial charge in [-0.3, -0.25) is 4.79 Å². The van der Waals surface area contributed by atoms with Gasteiger partial charge < -0.3 is 19.7 Å². The van der Waals surface area contributed by atoms with E-state index in [1.165, 1.54) is 5.56 Å². The molecule has 4 aliphatic heterocycles. The molecule has 0 spiro atoms. The molecule has 6 rings (SSSR count). The summed E-state index contributed by atoms with van der Waals surface area (Å²) in [6, 6.07) is 11.1. The van der Waals surface area contributed by atoms with E-state index >= 15 is 0 Å². The molecule has 6 heteroatoms. The van der Waals surface area contributed by atoms with Crippen molar-refractivity contribution in [1.29, 1.82) is 0 Å². The number of amides is 1. The van der Waals surface area contributed by atoms with Gasteiger partial charge in [0, 0.05) is 82.0 Å². The fraction of sp³-hybridized carbons (Fsp3) is 0.545. The molecule has 4 aliphatic rings. The standard InChI is InChI=1S/C22H29N5O/c1-17-23-8-10-27(17)9-7-20(28)24-21-18-13-25-11-12-26(14-18)16-22(21,15-25)19-5-3-2-4-6-19/h2-6,8,10,18,21H,7,9,11-16H2,1H3,(H,24,28). The van der Waals surface area contributed by atoms with E-state index in [0.717, 1.165) is 45.1 Å². The smallest absolute Gasteiger partial charge is 0.222 e. The van der Waals surface area contributed by atoms with Crippen LogP contribution in [0.3, 0.4) is 0 Å². The van der Waals surface area contributed by atoms with Crippen LogP contribution >= 0.6 is 0 Å². The van der Waals surface area contributed by atoms with Gasteiger partial charge in [0.05, 0.1) is 0 Å². The van der Waals surface area contributed by atoms with Crippen LogP contribution in [0, 0.1) is 12.8 Å². The van der Waals surface area contributed by atoms with E-state index in [1.54, 1.807) is 6.20 Å². The number of hydrogen-bond donors (Lipinski definition) is 1. The lowest BCUT2D eigenvalue weighted by Crippen LogP contribution is -2.70. The van der Waals surface area contributed by atoms with Crippen LogP contribution in [0.1, 0.15) is 17.8 Å². The van der Waals surface area contributed by atoms with Crippen LogP contribution in [0.5, 0.6) is 0 Å². The summed E-state index contributed by atoms with van der Waals surface area (Å²) in [5.41, 5.74) is 1.35. The van der Waals surface area contributed by atoms with E-state index in [-0.39, 0.29) is 17.4 Å². The molecule has 0 saturated carbocycles. The second-order valence-electron chi connectivity index (χ2n) is 8.72. The minimum Gasteiger partial charge on any atom is -0.352 e. The molecule has 2 aromatic rings. The molecule has 3 atom stereocenters. The molecule has 148 valence electrons. The van der Waals surface area contributed by atoms with Gasteiger partial charge in [-0.05, 0) is 12.5 Å². The molecule has 1 N–H and O–H groups in total. The Morgan fingerprint density at radius 1 is 1.18 bits per heavy atom. The zero-order valence-corrected chi connectivity index (χ0v) is 16.6. The van der Waals surface area contributed by atoms with Gasteiger partial charge in [-0.1, -0.05) is 30.3 Å². The van der Waals surface area contributed by atoms with Gasteiger partial charge >= 0.3 is 0 Å². The zero-order chi connectivity index (χ0) is 19.1. The maximum Gasteiger partial charge on any atom is 0.222 e. The molecule has 4 saturated heterocycles. The molecule has 1 amide bonds. The predicted molar refractivity (Wildman–Crippen MR) is 108 cm³/mol. The van der Waals surface area contributed by atoms with Gasteiger partial charge in [0.1, 0.15) is 5.82 Å². The van der Waals surface area contributed by atoms with E-state index in [2.05, 4.69) is 50.4 Å². The number of piperidine rings is 2. The van der Waals surface area contributed by atoms with Crippen molar-refractivity contribution in [3.63, 3.8) is 0 Å². The normalized spacial score (nSPS) is 33.6. The summed E-state index contributed by atoms with van der Waals surface area (Å²) in [4.78, 5) is 22.4. The Hall–Kier alpha value is -2.18. The van der Waals surface area contributed by atoms with E-state index in [4.69, 9.17) is 0 Å². The number of aryl methyl sites for hydroxylation is 2. The summed E-state index contributed by atoms with van der Waals surface area (Å²) >= 11 is 0. The highest BCUT2D eigenvalue weighted by Gasteiger charge is 2.55. The van der Waals surface area contributed by atoms with Gasteiger partial charge in [0.2, 0.25) is 5.91 Å². The minimum atomic E-state index is -0.0144. The number of fused-ring (bicyclic) bond motifs is 1. The third-order valence-corrected chi connectivity index (χ3v) is 6.96. The molecule has 4 bridgehead atoms. The number of nitrogens with one attached hydrogen (secondary N) is 1. The average Bonchev–Trinajstić information content (AvgIpc) is 2.94. The molecule has 28 heavy (non-hydrogen) atoms. The first kappa shape index (κ1) is 17.9. The van der Waals surface area contributed by atoms with Crippen molar-refractivity contribution < 1.29 is 4.79 Å². The summed E-state index contributed by atoms with van der Waals surface area (Å²) in [7, 11) is 0. The topological polar surface area (TPSA) is 53.4 Å². The molecular formula is C22H29N5O. The summed E-state index contributed by atoms with van der Waals surface area (Å²) in [6.45, 7) is 9.22. The fourth-order valence-corrected chi connectivity index (χ4v) is 5.68. The summed E-state index contributed by atoms with van der Waals surface area (Å²) < 4.78 is 2.05. The largest absolute Gasteiger partial charge is 0.352 e. The Bertz CT molecular complexity index is 832. The number of imidazole rings is 1. The fourth-order valence-electron chi connectivity index (χ4n) is 5.68. The van der Waals surface area contributed by atoms with Crippen molar-refractivity contribution in [2.75, 3.05) is 39.3 Å². The molecule has 4 fully saturated rings. The summed E-state index contributed by atoms with van der Waals surface area (Å²) in [5.74, 6) is 1.61. The second kappa shape index (κ2) is 7.01. The number of carbonyl (C=O) groups is 1. The lowest BCUT2D eigenvalue weighted by atomic mass is 9.64. The Balaban J connectivity index is 1.39. The van der Waals surface area contributed by atoms with Crippen molar-refractivity contribution >= 4 is 5.91 Å². The minimum absolute atomic E-state index is 0.0144. The van der Waals surface area contributed by atoms with Crippen LogP contribution in [-0.2, 0) is 16.8 Å². The molecular weight excluding hydrogens is 350 g/mol. The summed E-state index contributed by atoms with van der Waals surface area (Å²) in [6.07, 6.45) is 4.24. The maximum absolute atomic E-state index is 12.9. The van der Waals surface area contributed by atoms with Gasteiger partial charge in [-0.25, -0.2) is 4.98 Å². The zero-order valence-electron chi connectivity index (χ0n) is 16.6. The average molecular weight is 380 g/mol. The molecule has 5 heterocycles. The second-order valence-corrected chi connectivity index (χ2v) is 8.72. The van der Waals surface area contributed by atoms with Crippen molar-refractivity contribution in [3.8, 4) is 0 Å². The highest BCUT2D eigenvalue weighted by atomic mass is 16.1. The Labute approximate surface area is 166 Å². The van der Waals surface area contributed by atoms with Gasteiger partial charge in [0.15, 0.2) is 0 Å². The first-order chi connectivity index (χ1) is 13.6. The van der Waals surface area contributed by atoms with Crippen LogP contribution in [0.15, 0.2) is 42.7 Å². The number of hydrogen-bond acceptors (Lipinski definition) is 4. The van der Waals surface area contributed by atoms with Crippen LogP contribution in [0.4, 0.5) is 0 Å². The Kier molecular flexibility index (Phi) is 4.48. The van der Waals surface area contributed by atoms with Crippen molar-refractivity contribution in [1.82, 2.24) is 24.7 Å². The highest BCUT2D eigenvalue weighted by molar-refractivity contribution is 5.76. The monoisotopic (exact) mass is 379 g/mol. The highest BCUT2D eigenvalue weighted by Crippen LogP contribution is 2.43. The third kappa shape index (κ3) is 3.05. The van der Waals surface area contributed by atoms with Crippen molar-refractivity contribution in [2.24, 2.45) is 5.92 Å². The Morgan fingerprint density at radius 2 is 1.89 bits per heavy atom. The number of rotatable bonds is 5. The van der Waals surface area contributed by atoms with E-state index in [9.17, 15) is 4.79 Å². The molecule has 1 aromatic carbocycles. The van der Waals surface area contributed by atoms with Crippen molar-refractivity contribution in [3.05, 3.63) is 54.1 Å². The van der Waals surface area contributed by atoms with Crippen LogP contribution in [-0.4, -0.2) is 70.6 Å². The number of carbonyl (C=O) groups excluding carboxylic acids is 1. The lowest BCUT2D eigenvalue weighted by molar-refractivity contribution is -0.124. The molecule has 6 nitrogen and oxygen atoms in total. The molecule has 1 aromatic heterocycles. The van der Waals surface area contributed by atoms with E-state index in [1.807, 2.05) is 17.7 Å². The first-order valence-electron chi connectivity index (χ1n) is 10.4.